The Hall–Kier alpha value is -1.66. The van der Waals surface area contributed by atoms with E-state index in [-0.39, 0.29) is 30.0 Å². The van der Waals surface area contributed by atoms with Crippen LogP contribution >= 0.6 is 12.4 Å². The fourth-order valence-electron chi connectivity index (χ4n) is 2.87. The number of halogens is 2. The van der Waals surface area contributed by atoms with E-state index < -0.39 is 12.0 Å². The third-order valence-electron chi connectivity index (χ3n) is 4.11. The van der Waals surface area contributed by atoms with Gasteiger partial charge in [0, 0.05) is 11.6 Å². The highest BCUT2D eigenvalue weighted by Crippen LogP contribution is 2.22. The van der Waals surface area contributed by atoms with Gasteiger partial charge >= 0.3 is 5.97 Å². The second kappa shape index (κ2) is 8.84. The number of carboxylic acids is 1. The van der Waals surface area contributed by atoms with Crippen molar-refractivity contribution in [2.24, 2.45) is 5.92 Å². The Morgan fingerprint density at radius 1 is 1.39 bits per heavy atom. The summed E-state index contributed by atoms with van der Waals surface area (Å²) in [5, 5.41) is 11.9. The lowest BCUT2D eigenvalue weighted by atomic mass is 9.94. The molecule has 0 bridgehead atoms. The van der Waals surface area contributed by atoms with Crippen molar-refractivity contribution in [3.8, 4) is 0 Å². The van der Waals surface area contributed by atoms with Crippen molar-refractivity contribution in [3.63, 3.8) is 0 Å². The Morgan fingerprint density at radius 3 is 2.57 bits per heavy atom. The molecule has 0 aliphatic carbocycles. The van der Waals surface area contributed by atoms with Crippen molar-refractivity contribution in [1.82, 2.24) is 4.90 Å². The maximum atomic E-state index is 13.1. The fourth-order valence-corrected chi connectivity index (χ4v) is 2.87. The summed E-state index contributed by atoms with van der Waals surface area (Å²) in [6.45, 7) is 3.03. The van der Waals surface area contributed by atoms with Crippen molar-refractivity contribution < 1.29 is 19.1 Å². The van der Waals surface area contributed by atoms with Crippen LogP contribution in [0.25, 0.3) is 0 Å². The van der Waals surface area contributed by atoms with Gasteiger partial charge in [0.05, 0.1) is 0 Å². The number of likely N-dealkylation sites (tertiary alicyclic amines) is 1. The van der Waals surface area contributed by atoms with Gasteiger partial charge in [-0.1, -0.05) is 13.0 Å². The van der Waals surface area contributed by atoms with Crippen LogP contribution in [0.3, 0.4) is 0 Å². The molecule has 2 rings (SSSR count). The number of anilines is 1. The lowest BCUT2D eigenvalue weighted by molar-refractivity contribution is -0.144. The number of carbonyl (C=O) groups is 2. The van der Waals surface area contributed by atoms with Crippen molar-refractivity contribution in [1.29, 1.82) is 0 Å². The number of hydrogen-bond donors (Lipinski definition) is 2. The molecular weight excluding hydrogens is 323 g/mol. The van der Waals surface area contributed by atoms with Crippen molar-refractivity contribution in [2.45, 2.75) is 32.2 Å². The van der Waals surface area contributed by atoms with Gasteiger partial charge in [0.15, 0.2) is 0 Å². The van der Waals surface area contributed by atoms with Gasteiger partial charge in [-0.15, -0.1) is 12.4 Å². The SMILES string of the molecule is CCC(C(=O)O)N1CCC(C(=O)Nc2cccc(F)c2)CC1.Cl. The second-order valence-electron chi connectivity index (χ2n) is 5.57. The summed E-state index contributed by atoms with van der Waals surface area (Å²) in [6, 6.07) is 5.32. The predicted molar refractivity (Wildman–Crippen MR) is 88.3 cm³/mol. The van der Waals surface area contributed by atoms with E-state index in [1.807, 2.05) is 11.8 Å². The van der Waals surface area contributed by atoms with E-state index >= 15 is 0 Å². The van der Waals surface area contributed by atoms with Crippen LogP contribution < -0.4 is 5.32 Å². The zero-order valence-corrected chi connectivity index (χ0v) is 13.8. The zero-order chi connectivity index (χ0) is 16.1. The first-order valence-electron chi connectivity index (χ1n) is 7.54. The summed E-state index contributed by atoms with van der Waals surface area (Å²) in [4.78, 5) is 25.3. The molecule has 1 aliphatic rings. The third kappa shape index (κ3) is 5.18. The van der Waals surface area contributed by atoms with Crippen LogP contribution in [0.1, 0.15) is 26.2 Å². The zero-order valence-electron chi connectivity index (χ0n) is 13.0. The minimum absolute atomic E-state index is 0. The molecule has 2 N–H and O–H groups in total. The average Bonchev–Trinajstić information content (AvgIpc) is 2.48. The van der Waals surface area contributed by atoms with Crippen LogP contribution in [0.5, 0.6) is 0 Å². The molecule has 1 aromatic carbocycles. The summed E-state index contributed by atoms with van der Waals surface area (Å²) in [5.41, 5.74) is 0.449. The highest BCUT2D eigenvalue weighted by Gasteiger charge is 2.30. The predicted octanol–water partition coefficient (Wildman–Crippen LogP) is 2.76. The number of amides is 1. The van der Waals surface area contributed by atoms with Gasteiger partial charge in [0.25, 0.3) is 0 Å². The van der Waals surface area contributed by atoms with Crippen molar-refractivity contribution in [3.05, 3.63) is 30.1 Å². The molecule has 128 valence electrons. The maximum absolute atomic E-state index is 13.1. The molecule has 7 heteroatoms. The van der Waals surface area contributed by atoms with E-state index in [9.17, 15) is 14.0 Å². The van der Waals surface area contributed by atoms with Gasteiger partial charge in [-0.3, -0.25) is 14.5 Å². The molecule has 5 nitrogen and oxygen atoms in total. The Morgan fingerprint density at radius 2 is 2.04 bits per heavy atom. The Bertz CT molecular complexity index is 548. The average molecular weight is 345 g/mol. The molecule has 1 atom stereocenters. The van der Waals surface area contributed by atoms with Crippen LogP contribution in [0, 0.1) is 11.7 Å². The molecule has 0 spiro atoms. The molecule has 1 unspecified atom stereocenters. The van der Waals surface area contributed by atoms with E-state index in [0.717, 1.165) is 0 Å². The molecule has 0 saturated carbocycles. The first kappa shape index (κ1) is 19.4. The summed E-state index contributed by atoms with van der Waals surface area (Å²) < 4.78 is 13.1. The Kier molecular flexibility index (Phi) is 7.45. The molecule has 1 fully saturated rings. The van der Waals surface area contributed by atoms with Crippen LogP contribution in [-0.4, -0.2) is 41.0 Å². The lowest BCUT2D eigenvalue weighted by Gasteiger charge is -2.34. The fraction of sp³-hybridized carbons (Fsp3) is 0.500. The van der Waals surface area contributed by atoms with Gasteiger partial charge in [-0.05, 0) is 50.6 Å². The van der Waals surface area contributed by atoms with Gasteiger partial charge in [-0.2, -0.15) is 0 Å². The number of benzene rings is 1. The number of hydrogen-bond acceptors (Lipinski definition) is 3. The third-order valence-corrected chi connectivity index (χ3v) is 4.11. The van der Waals surface area contributed by atoms with Crippen LogP contribution in [0.15, 0.2) is 24.3 Å². The topological polar surface area (TPSA) is 69.6 Å². The number of nitrogens with one attached hydrogen (secondary N) is 1. The minimum Gasteiger partial charge on any atom is -0.480 e. The maximum Gasteiger partial charge on any atom is 0.320 e. The van der Waals surface area contributed by atoms with Gasteiger partial charge < -0.3 is 10.4 Å². The molecule has 1 aromatic rings. The number of nitrogens with zero attached hydrogens (tertiary/aromatic N) is 1. The highest BCUT2D eigenvalue weighted by atomic mass is 35.5. The smallest absolute Gasteiger partial charge is 0.320 e. The lowest BCUT2D eigenvalue weighted by Crippen LogP contribution is -2.46. The number of piperidine rings is 1. The van der Waals surface area contributed by atoms with Crippen molar-refractivity contribution >= 4 is 30.0 Å². The quantitative estimate of drug-likeness (QED) is 0.861. The number of carbonyl (C=O) groups excluding carboxylic acids is 1. The molecule has 0 aromatic heterocycles. The summed E-state index contributed by atoms with van der Waals surface area (Å²) in [5.74, 6) is -1.50. The van der Waals surface area contributed by atoms with Gasteiger partial charge in [0.1, 0.15) is 11.9 Å². The van der Waals surface area contributed by atoms with E-state index in [4.69, 9.17) is 5.11 Å². The number of rotatable bonds is 5. The normalized spacial score (nSPS) is 17.1. The van der Waals surface area contributed by atoms with E-state index in [1.54, 1.807) is 12.1 Å². The molecule has 23 heavy (non-hydrogen) atoms. The summed E-state index contributed by atoms with van der Waals surface area (Å²) in [6.07, 6.45) is 1.78. The van der Waals surface area contributed by atoms with Gasteiger partial charge in [-0.25, -0.2) is 4.39 Å². The second-order valence-corrected chi connectivity index (χ2v) is 5.57. The van der Waals surface area contributed by atoms with E-state index in [1.165, 1.54) is 12.1 Å². The first-order valence-corrected chi connectivity index (χ1v) is 7.54. The monoisotopic (exact) mass is 344 g/mol. The summed E-state index contributed by atoms with van der Waals surface area (Å²) in [7, 11) is 0. The summed E-state index contributed by atoms with van der Waals surface area (Å²) >= 11 is 0. The first-order chi connectivity index (χ1) is 10.5. The number of carboxylic acid groups (broad SMARTS) is 1. The Balaban J connectivity index is 0.00000264. The molecule has 0 radical (unpaired) electrons. The number of aliphatic carboxylic acids is 1. The molecular formula is C16H22ClFN2O3. The van der Waals surface area contributed by atoms with Gasteiger partial charge in [0.2, 0.25) is 5.91 Å². The minimum atomic E-state index is -0.815. The van der Waals surface area contributed by atoms with Crippen LogP contribution in [0.4, 0.5) is 10.1 Å². The van der Waals surface area contributed by atoms with Crippen LogP contribution in [-0.2, 0) is 9.59 Å². The van der Waals surface area contributed by atoms with Crippen LogP contribution in [0.2, 0.25) is 0 Å². The molecule has 1 heterocycles. The molecule has 1 aliphatic heterocycles. The molecule has 1 saturated heterocycles. The van der Waals surface area contributed by atoms with E-state index in [2.05, 4.69) is 5.32 Å². The van der Waals surface area contributed by atoms with E-state index in [0.29, 0.717) is 38.0 Å². The largest absolute Gasteiger partial charge is 0.480 e. The standard InChI is InChI=1S/C16H21FN2O3.ClH/c1-2-14(16(21)22)19-8-6-11(7-9-19)15(20)18-13-5-3-4-12(17)10-13;/h3-5,10-11,14H,2,6-9H2,1H3,(H,18,20)(H,21,22);1H. The Labute approximate surface area is 141 Å². The van der Waals surface area contributed by atoms with Crippen molar-refractivity contribution in [2.75, 3.05) is 18.4 Å². The molecule has 1 amide bonds. The highest BCUT2D eigenvalue weighted by molar-refractivity contribution is 5.92.